The average molecular weight is 661 g/mol. The molecular formula is C43H32BF3N2O. The third-order valence-electron chi connectivity index (χ3n) is 10.3. The maximum atomic E-state index is 14.2. The Morgan fingerprint density at radius 2 is 0.860 bits per heavy atom. The van der Waals surface area contributed by atoms with Crippen molar-refractivity contribution in [1.29, 1.82) is 0 Å². The molecule has 0 bridgehead atoms. The first-order valence-electron chi connectivity index (χ1n) is 16.8. The van der Waals surface area contributed by atoms with Gasteiger partial charge in [0.2, 0.25) is 0 Å². The Morgan fingerprint density at radius 1 is 0.480 bits per heavy atom. The summed E-state index contributed by atoms with van der Waals surface area (Å²) in [6, 6.07) is 40.9. The van der Waals surface area contributed by atoms with Crippen molar-refractivity contribution in [3.05, 3.63) is 144 Å². The largest absolute Gasteiger partial charge is 0.573 e. The molecule has 7 aromatic rings. The first-order valence-corrected chi connectivity index (χ1v) is 16.8. The van der Waals surface area contributed by atoms with E-state index in [2.05, 4.69) is 110 Å². The molecule has 3 nitrogen and oxygen atoms in total. The molecule has 0 spiro atoms. The van der Waals surface area contributed by atoms with Gasteiger partial charge in [-0.25, -0.2) is 0 Å². The Hall–Kier alpha value is -5.69. The fraction of sp³-hybridized carbons (Fsp3) is 0.116. The fourth-order valence-electron chi connectivity index (χ4n) is 8.33. The van der Waals surface area contributed by atoms with Gasteiger partial charge < -0.3 is 14.5 Å². The Morgan fingerprint density at radius 3 is 1.24 bits per heavy atom. The van der Waals surface area contributed by atoms with E-state index in [-0.39, 0.29) is 12.5 Å². The number of halogens is 3. The molecule has 9 rings (SSSR count). The van der Waals surface area contributed by atoms with E-state index in [1.807, 2.05) is 36.4 Å². The maximum absolute atomic E-state index is 14.2. The summed E-state index contributed by atoms with van der Waals surface area (Å²) in [6.45, 7) is 7.97. The molecule has 7 aromatic carbocycles. The van der Waals surface area contributed by atoms with Gasteiger partial charge in [-0.15, -0.1) is 13.2 Å². The molecule has 244 valence electrons. The molecule has 0 amide bonds. The zero-order valence-corrected chi connectivity index (χ0v) is 28.1. The number of alkyl halides is 3. The number of hydrogen-bond donors (Lipinski definition) is 0. The van der Waals surface area contributed by atoms with Crippen molar-refractivity contribution in [3.8, 4) is 5.75 Å². The first-order chi connectivity index (χ1) is 24.1. The van der Waals surface area contributed by atoms with Crippen LogP contribution in [0.15, 0.2) is 121 Å². The highest BCUT2D eigenvalue weighted by atomic mass is 19.4. The van der Waals surface area contributed by atoms with E-state index in [0.29, 0.717) is 11.4 Å². The number of ether oxygens (including phenoxy) is 1. The van der Waals surface area contributed by atoms with Crippen molar-refractivity contribution < 1.29 is 17.9 Å². The van der Waals surface area contributed by atoms with E-state index < -0.39 is 6.36 Å². The van der Waals surface area contributed by atoms with Gasteiger partial charge in [0.25, 0.3) is 6.71 Å². The SMILES string of the molecule is Cc1cccc(C)c1N1c2cc3ccccc3cc2B2c3cc4ccccc4cc3N(c3c(C)cccc3C)c3cc(OC(F)(F)F)cc1c32. The monoisotopic (exact) mass is 660 g/mol. The lowest BCUT2D eigenvalue weighted by molar-refractivity contribution is -0.274. The molecule has 0 aliphatic carbocycles. The van der Waals surface area contributed by atoms with Gasteiger partial charge in [0, 0.05) is 34.9 Å². The second-order valence-electron chi connectivity index (χ2n) is 13.5. The van der Waals surface area contributed by atoms with Crippen LogP contribution in [-0.2, 0) is 0 Å². The highest BCUT2D eigenvalue weighted by Crippen LogP contribution is 2.49. The first kappa shape index (κ1) is 30.4. The molecule has 0 saturated carbocycles. The lowest BCUT2D eigenvalue weighted by Gasteiger charge is -2.45. The second-order valence-corrected chi connectivity index (χ2v) is 13.5. The zero-order chi connectivity index (χ0) is 34.5. The fourth-order valence-corrected chi connectivity index (χ4v) is 8.33. The molecule has 0 aromatic heterocycles. The predicted molar refractivity (Wildman–Crippen MR) is 201 cm³/mol. The third-order valence-corrected chi connectivity index (χ3v) is 10.3. The summed E-state index contributed by atoms with van der Waals surface area (Å²) in [6.07, 6.45) is -4.88. The maximum Gasteiger partial charge on any atom is 0.573 e. The van der Waals surface area contributed by atoms with Crippen LogP contribution in [0, 0.1) is 27.7 Å². The number of nitrogens with zero attached hydrogens (tertiary/aromatic N) is 2. The van der Waals surface area contributed by atoms with Crippen LogP contribution in [0.1, 0.15) is 22.3 Å². The van der Waals surface area contributed by atoms with Crippen molar-refractivity contribution in [2.24, 2.45) is 0 Å². The second kappa shape index (κ2) is 10.9. The summed E-state index contributed by atoms with van der Waals surface area (Å²) in [5.74, 6) is -0.258. The molecule has 0 fully saturated rings. The molecular weight excluding hydrogens is 628 g/mol. The summed E-state index contributed by atoms with van der Waals surface area (Å²) in [7, 11) is 0. The quantitative estimate of drug-likeness (QED) is 0.176. The number of aryl methyl sites for hydroxylation is 4. The number of benzene rings is 7. The molecule has 50 heavy (non-hydrogen) atoms. The molecule has 0 radical (unpaired) electrons. The van der Waals surface area contributed by atoms with Crippen molar-refractivity contribution in [3.63, 3.8) is 0 Å². The van der Waals surface area contributed by atoms with Crippen LogP contribution in [0.2, 0.25) is 0 Å². The third kappa shape index (κ3) is 4.60. The van der Waals surface area contributed by atoms with Crippen molar-refractivity contribution in [2.75, 3.05) is 9.80 Å². The van der Waals surface area contributed by atoms with Crippen LogP contribution in [0.3, 0.4) is 0 Å². The molecule has 2 aliphatic heterocycles. The minimum Gasteiger partial charge on any atom is -0.406 e. The van der Waals surface area contributed by atoms with Crippen LogP contribution in [0.25, 0.3) is 21.5 Å². The van der Waals surface area contributed by atoms with Crippen LogP contribution < -0.4 is 30.9 Å². The Balaban J connectivity index is 1.48. The van der Waals surface area contributed by atoms with Crippen molar-refractivity contribution >= 4 is 78.8 Å². The Bertz CT molecular complexity index is 2340. The van der Waals surface area contributed by atoms with E-state index in [4.69, 9.17) is 4.74 Å². The van der Waals surface area contributed by atoms with Gasteiger partial charge >= 0.3 is 6.36 Å². The lowest BCUT2D eigenvalue weighted by Crippen LogP contribution is -2.61. The topological polar surface area (TPSA) is 15.7 Å². The van der Waals surface area contributed by atoms with Gasteiger partial charge in [0.15, 0.2) is 0 Å². The smallest absolute Gasteiger partial charge is 0.406 e. The lowest BCUT2D eigenvalue weighted by atomic mass is 9.33. The van der Waals surface area contributed by atoms with Gasteiger partial charge in [-0.05, 0) is 100 Å². The molecule has 2 heterocycles. The number of fused-ring (bicyclic) bond motifs is 6. The predicted octanol–water partition coefficient (Wildman–Crippen LogP) is 10.2. The van der Waals surface area contributed by atoms with Crippen molar-refractivity contribution in [1.82, 2.24) is 0 Å². The zero-order valence-electron chi connectivity index (χ0n) is 28.1. The summed E-state index contributed by atoms with van der Waals surface area (Å²) in [5, 5.41) is 4.32. The standard InChI is InChI=1S/C43H32BF3N2O/c1-25-11-9-12-26(2)41(25)48-36-21-31-17-7-5-15-29(31)19-34(36)44-35-20-30-16-6-8-18-32(30)22-37(35)49(42-27(3)13-10-14-28(42)4)39-24-33(50-43(45,46)47)23-38(48)40(39)44/h5-24H,1-4H3. The highest BCUT2D eigenvalue weighted by molar-refractivity contribution is 7.00. The van der Waals surface area contributed by atoms with E-state index in [0.717, 1.165) is 82.9 Å². The number of anilines is 6. The molecule has 7 heteroatoms. The number of rotatable bonds is 3. The van der Waals surface area contributed by atoms with Gasteiger partial charge in [-0.1, -0.05) is 97.1 Å². The molecule has 0 saturated heterocycles. The summed E-state index contributed by atoms with van der Waals surface area (Å²) < 4.78 is 47.3. The average Bonchev–Trinajstić information content (AvgIpc) is 3.07. The molecule has 0 atom stereocenters. The van der Waals surface area contributed by atoms with Crippen LogP contribution >= 0.6 is 0 Å². The van der Waals surface area contributed by atoms with Crippen molar-refractivity contribution in [2.45, 2.75) is 34.1 Å². The minimum atomic E-state index is -4.88. The normalized spacial score (nSPS) is 13.4. The number of para-hydroxylation sites is 2. The van der Waals surface area contributed by atoms with Crippen LogP contribution in [0.4, 0.5) is 47.3 Å². The highest BCUT2D eigenvalue weighted by Gasteiger charge is 2.45. The van der Waals surface area contributed by atoms with E-state index in [1.165, 1.54) is 0 Å². The van der Waals surface area contributed by atoms with Gasteiger partial charge in [0.1, 0.15) is 5.75 Å². The Kier molecular flexibility index (Phi) is 6.63. The summed E-state index contributed by atoms with van der Waals surface area (Å²) in [4.78, 5) is 4.33. The molecule has 0 unspecified atom stereocenters. The summed E-state index contributed by atoms with van der Waals surface area (Å²) in [5.41, 5.74) is 12.3. The molecule has 2 aliphatic rings. The van der Waals surface area contributed by atoms with E-state index in [1.54, 1.807) is 12.1 Å². The van der Waals surface area contributed by atoms with Gasteiger partial charge in [0.05, 0.1) is 11.4 Å². The summed E-state index contributed by atoms with van der Waals surface area (Å²) >= 11 is 0. The van der Waals surface area contributed by atoms with Gasteiger partial charge in [-0.3, -0.25) is 0 Å². The molecule has 0 N–H and O–H groups in total. The van der Waals surface area contributed by atoms with Crippen LogP contribution in [-0.4, -0.2) is 13.1 Å². The van der Waals surface area contributed by atoms with Crippen LogP contribution in [0.5, 0.6) is 5.75 Å². The van der Waals surface area contributed by atoms with E-state index >= 15 is 0 Å². The van der Waals surface area contributed by atoms with Gasteiger partial charge in [-0.2, -0.15) is 0 Å². The Labute approximate surface area is 289 Å². The minimum absolute atomic E-state index is 0.258. The number of hydrogen-bond acceptors (Lipinski definition) is 3. The van der Waals surface area contributed by atoms with E-state index in [9.17, 15) is 13.2 Å².